The average Bonchev–Trinajstić information content (AvgIpc) is 2.64. The van der Waals surface area contributed by atoms with E-state index in [1.54, 1.807) is 0 Å². The van der Waals surface area contributed by atoms with E-state index < -0.39 is 0 Å². The lowest BCUT2D eigenvalue weighted by atomic mass is 9.60. The summed E-state index contributed by atoms with van der Waals surface area (Å²) >= 11 is 0. The van der Waals surface area contributed by atoms with Gasteiger partial charge in [0.2, 0.25) is 0 Å². The molecule has 0 N–H and O–H groups in total. The zero-order chi connectivity index (χ0) is 17.3. The van der Waals surface area contributed by atoms with Crippen molar-refractivity contribution in [3.63, 3.8) is 0 Å². The minimum absolute atomic E-state index is 0.0881. The summed E-state index contributed by atoms with van der Waals surface area (Å²) in [5.41, 5.74) is 4.19. The van der Waals surface area contributed by atoms with Crippen molar-refractivity contribution in [2.24, 2.45) is 5.92 Å². The third-order valence-corrected chi connectivity index (χ3v) is 5.75. The van der Waals surface area contributed by atoms with Gasteiger partial charge in [-0.1, -0.05) is 79.6 Å². The molecule has 4 rings (SSSR count). The molecule has 2 aromatic carbocycles. The second-order valence-corrected chi connectivity index (χ2v) is 7.44. The number of hydrogen-bond donors (Lipinski definition) is 0. The Morgan fingerprint density at radius 3 is 2.52 bits per heavy atom. The maximum atomic E-state index is 6.36. The van der Waals surface area contributed by atoms with E-state index in [0.29, 0.717) is 5.92 Å². The van der Waals surface area contributed by atoms with Gasteiger partial charge in [0.1, 0.15) is 11.9 Å². The van der Waals surface area contributed by atoms with Crippen molar-refractivity contribution >= 4 is 0 Å². The highest BCUT2D eigenvalue weighted by Crippen LogP contribution is 2.51. The summed E-state index contributed by atoms with van der Waals surface area (Å²) < 4.78 is 6.36. The van der Waals surface area contributed by atoms with Gasteiger partial charge < -0.3 is 4.74 Å². The number of allylic oxidation sites excluding steroid dienone is 2. The zero-order valence-corrected chi connectivity index (χ0v) is 15.1. The molecule has 0 aromatic heterocycles. The van der Waals surface area contributed by atoms with Crippen LogP contribution in [0.25, 0.3) is 0 Å². The first kappa shape index (κ1) is 16.2. The topological polar surface area (TPSA) is 9.23 Å². The van der Waals surface area contributed by atoms with E-state index in [0.717, 1.165) is 12.2 Å². The summed E-state index contributed by atoms with van der Waals surface area (Å²) in [6.07, 6.45) is 12.4. The lowest BCUT2D eigenvalue weighted by molar-refractivity contribution is 0.0980. The summed E-state index contributed by atoms with van der Waals surface area (Å²) in [5.74, 6) is 1.44. The maximum Gasteiger partial charge on any atom is 0.124 e. The van der Waals surface area contributed by atoms with Crippen LogP contribution >= 0.6 is 0 Å². The number of aryl methyl sites for hydroxylation is 1. The van der Waals surface area contributed by atoms with Gasteiger partial charge in [0.25, 0.3) is 0 Å². The Morgan fingerprint density at radius 1 is 0.960 bits per heavy atom. The summed E-state index contributed by atoms with van der Waals surface area (Å²) in [6.45, 7) is 4.45. The van der Waals surface area contributed by atoms with Crippen LogP contribution in [0.4, 0.5) is 0 Å². The van der Waals surface area contributed by atoms with E-state index >= 15 is 0 Å². The predicted octanol–water partition coefficient (Wildman–Crippen LogP) is 5.78. The monoisotopic (exact) mass is 330 g/mol. The van der Waals surface area contributed by atoms with Crippen LogP contribution in [-0.2, 0) is 11.8 Å². The molecule has 25 heavy (non-hydrogen) atoms. The summed E-state index contributed by atoms with van der Waals surface area (Å²) in [7, 11) is 0. The lowest BCUT2D eigenvalue weighted by Crippen LogP contribution is -2.48. The Hall–Kier alpha value is -2.28. The highest BCUT2D eigenvalue weighted by molar-refractivity contribution is 5.47. The van der Waals surface area contributed by atoms with E-state index in [4.69, 9.17) is 4.74 Å². The van der Waals surface area contributed by atoms with Crippen LogP contribution < -0.4 is 4.74 Å². The molecule has 0 saturated carbocycles. The molecule has 0 bridgehead atoms. The van der Waals surface area contributed by atoms with Gasteiger partial charge in [-0.15, -0.1) is 0 Å². The van der Waals surface area contributed by atoms with Crippen molar-refractivity contribution in [2.75, 3.05) is 0 Å². The molecule has 0 radical (unpaired) electrons. The van der Waals surface area contributed by atoms with Crippen molar-refractivity contribution in [1.29, 1.82) is 0 Å². The number of fused-ring (bicyclic) bond motifs is 2. The molecule has 2 aliphatic rings. The van der Waals surface area contributed by atoms with E-state index in [-0.39, 0.29) is 11.5 Å². The van der Waals surface area contributed by atoms with Gasteiger partial charge in [-0.25, -0.2) is 0 Å². The van der Waals surface area contributed by atoms with E-state index in [9.17, 15) is 0 Å². The second kappa shape index (κ2) is 6.55. The van der Waals surface area contributed by atoms with Crippen molar-refractivity contribution in [3.8, 4) is 5.75 Å². The molecular formula is C24H26O. The Bertz CT molecular complexity index is 799. The van der Waals surface area contributed by atoms with Gasteiger partial charge in [0, 0.05) is 16.9 Å². The quantitative estimate of drug-likeness (QED) is 0.690. The molecule has 1 nitrogen and oxygen atoms in total. The van der Waals surface area contributed by atoms with Crippen LogP contribution in [0.2, 0.25) is 0 Å². The van der Waals surface area contributed by atoms with Crippen LogP contribution in [0.5, 0.6) is 5.75 Å². The zero-order valence-electron chi connectivity index (χ0n) is 15.1. The standard InChI is InChI=1S/C24H26O/c1-3-16-24(17-19-14-12-18(2)13-15-19)20-8-4-6-10-22(20)25-23-11-7-5-9-21(23)24/h4-15,20,22H,3,16-17H2,1-2H3. The molecule has 1 aliphatic carbocycles. The minimum atomic E-state index is 0.0881. The number of hydrogen-bond acceptors (Lipinski definition) is 1. The molecule has 0 saturated heterocycles. The third-order valence-electron chi connectivity index (χ3n) is 5.75. The van der Waals surface area contributed by atoms with E-state index in [1.807, 2.05) is 0 Å². The van der Waals surface area contributed by atoms with Crippen LogP contribution in [0.15, 0.2) is 72.8 Å². The van der Waals surface area contributed by atoms with E-state index in [1.165, 1.54) is 29.5 Å². The van der Waals surface area contributed by atoms with Crippen molar-refractivity contribution in [1.82, 2.24) is 0 Å². The minimum Gasteiger partial charge on any atom is -0.485 e. The fraction of sp³-hybridized carbons (Fsp3) is 0.333. The normalized spacial score (nSPS) is 26.6. The number of para-hydroxylation sites is 1. The Labute approximate surface area is 151 Å². The molecule has 1 heterocycles. The molecule has 3 unspecified atom stereocenters. The van der Waals surface area contributed by atoms with Crippen LogP contribution in [0, 0.1) is 12.8 Å². The molecule has 0 spiro atoms. The molecule has 0 amide bonds. The molecule has 128 valence electrons. The molecule has 1 heteroatoms. The van der Waals surface area contributed by atoms with Gasteiger partial charge in [0.15, 0.2) is 0 Å². The van der Waals surface area contributed by atoms with Crippen molar-refractivity contribution < 1.29 is 4.74 Å². The van der Waals surface area contributed by atoms with Gasteiger partial charge in [-0.3, -0.25) is 0 Å². The second-order valence-electron chi connectivity index (χ2n) is 7.44. The fourth-order valence-electron chi connectivity index (χ4n) is 4.62. The molecule has 0 fully saturated rings. The Balaban J connectivity index is 1.85. The largest absolute Gasteiger partial charge is 0.485 e. The first-order chi connectivity index (χ1) is 12.2. The fourth-order valence-corrected chi connectivity index (χ4v) is 4.62. The van der Waals surface area contributed by atoms with E-state index in [2.05, 4.69) is 86.7 Å². The van der Waals surface area contributed by atoms with Crippen LogP contribution in [0.3, 0.4) is 0 Å². The number of rotatable bonds is 4. The molecule has 1 aliphatic heterocycles. The third kappa shape index (κ3) is 2.82. The smallest absolute Gasteiger partial charge is 0.124 e. The van der Waals surface area contributed by atoms with Crippen LogP contribution in [0.1, 0.15) is 36.5 Å². The molecule has 2 aromatic rings. The lowest BCUT2D eigenvalue weighted by Gasteiger charge is -2.48. The SMILES string of the molecule is CCCC1(Cc2ccc(C)cc2)c2ccccc2OC2C=CC=CC21. The summed E-state index contributed by atoms with van der Waals surface area (Å²) in [5, 5.41) is 0. The van der Waals surface area contributed by atoms with Crippen molar-refractivity contribution in [2.45, 2.75) is 44.6 Å². The van der Waals surface area contributed by atoms with Gasteiger partial charge in [-0.2, -0.15) is 0 Å². The average molecular weight is 330 g/mol. The predicted molar refractivity (Wildman–Crippen MR) is 104 cm³/mol. The first-order valence-corrected chi connectivity index (χ1v) is 9.39. The van der Waals surface area contributed by atoms with Gasteiger partial charge >= 0.3 is 0 Å². The Kier molecular flexibility index (Phi) is 4.25. The summed E-state index contributed by atoms with van der Waals surface area (Å²) in [4.78, 5) is 0. The molecule has 3 atom stereocenters. The van der Waals surface area contributed by atoms with Gasteiger partial charge in [-0.05, 0) is 37.5 Å². The first-order valence-electron chi connectivity index (χ1n) is 9.39. The highest BCUT2D eigenvalue weighted by atomic mass is 16.5. The van der Waals surface area contributed by atoms with Crippen molar-refractivity contribution in [3.05, 3.63) is 89.5 Å². The highest BCUT2D eigenvalue weighted by Gasteiger charge is 2.47. The Morgan fingerprint density at radius 2 is 1.72 bits per heavy atom. The molecular weight excluding hydrogens is 304 g/mol. The number of ether oxygens (including phenoxy) is 1. The summed E-state index contributed by atoms with van der Waals surface area (Å²) in [6, 6.07) is 17.7. The van der Waals surface area contributed by atoms with Crippen LogP contribution in [-0.4, -0.2) is 6.10 Å². The van der Waals surface area contributed by atoms with Gasteiger partial charge in [0.05, 0.1) is 0 Å². The number of benzene rings is 2. The maximum absolute atomic E-state index is 6.36.